The van der Waals surface area contributed by atoms with Gasteiger partial charge in [-0.3, -0.25) is 9.36 Å². The van der Waals surface area contributed by atoms with Gasteiger partial charge in [-0.15, -0.1) is 0 Å². The zero-order chi connectivity index (χ0) is 19.6. The number of thiazole rings is 1. The van der Waals surface area contributed by atoms with Crippen LogP contribution in [-0.2, 0) is 16.4 Å². The molecular weight excluding hydrogens is 387 g/mol. The number of nitrogens with zero attached hydrogens (tertiary/aromatic N) is 1. The summed E-state index contributed by atoms with van der Waals surface area (Å²) in [6, 6.07) is 10.9. The number of benzene rings is 2. The van der Waals surface area contributed by atoms with Crippen LogP contribution in [0, 0.1) is 5.82 Å². The average Bonchev–Trinajstić information content (AvgIpc) is 2.95. The second-order valence-electron chi connectivity index (χ2n) is 6.59. The number of hydrogen-bond acceptors (Lipinski definition) is 4. The zero-order valence-electron chi connectivity index (χ0n) is 15.1. The Labute approximate surface area is 161 Å². The maximum atomic E-state index is 12.9. The third kappa shape index (κ3) is 4.45. The van der Waals surface area contributed by atoms with Gasteiger partial charge in [-0.25, -0.2) is 17.5 Å². The van der Waals surface area contributed by atoms with Gasteiger partial charge in [0.05, 0.1) is 15.1 Å². The summed E-state index contributed by atoms with van der Waals surface area (Å²) >= 11 is 1.05. The Morgan fingerprint density at radius 2 is 1.85 bits per heavy atom. The molecule has 0 aliphatic carbocycles. The van der Waals surface area contributed by atoms with E-state index in [0.717, 1.165) is 22.4 Å². The van der Waals surface area contributed by atoms with Crippen molar-refractivity contribution in [3.63, 3.8) is 0 Å². The third-order valence-corrected chi connectivity index (χ3v) is 6.64. The molecule has 3 aromatic rings. The Morgan fingerprint density at radius 1 is 1.15 bits per heavy atom. The van der Waals surface area contributed by atoms with E-state index in [9.17, 15) is 17.6 Å². The van der Waals surface area contributed by atoms with Gasteiger partial charge in [-0.05, 0) is 62.6 Å². The van der Waals surface area contributed by atoms with E-state index in [2.05, 4.69) is 4.72 Å². The maximum absolute atomic E-state index is 12.9. The summed E-state index contributed by atoms with van der Waals surface area (Å²) < 4.78 is 42.8. The smallest absolute Gasteiger partial charge is 0.296 e. The first-order valence-corrected chi connectivity index (χ1v) is 11.0. The normalized spacial score (nSPS) is 12.1. The molecule has 27 heavy (non-hydrogen) atoms. The second kappa shape index (κ2) is 7.92. The lowest BCUT2D eigenvalue weighted by molar-refractivity contribution is 0.579. The lowest BCUT2D eigenvalue weighted by Crippen LogP contribution is -2.25. The van der Waals surface area contributed by atoms with Crippen molar-refractivity contribution >= 4 is 31.6 Å². The van der Waals surface area contributed by atoms with E-state index >= 15 is 0 Å². The molecule has 1 heterocycles. The molecule has 0 atom stereocenters. The minimum Gasteiger partial charge on any atom is -0.296 e. The lowest BCUT2D eigenvalue weighted by atomic mass is 10.1. The summed E-state index contributed by atoms with van der Waals surface area (Å²) in [5.74, 6) is -0.288. The number of aryl methyl sites for hydroxylation is 1. The first kappa shape index (κ1) is 19.7. The van der Waals surface area contributed by atoms with Crippen LogP contribution in [0.4, 0.5) is 4.39 Å². The fraction of sp³-hybridized carbons (Fsp3) is 0.316. The molecule has 0 saturated heterocycles. The van der Waals surface area contributed by atoms with Crippen molar-refractivity contribution in [3.8, 4) is 0 Å². The van der Waals surface area contributed by atoms with Crippen molar-refractivity contribution in [1.82, 2.24) is 9.29 Å². The first-order chi connectivity index (χ1) is 12.8. The molecular formula is C19H21FN2O3S2. The molecule has 8 heteroatoms. The number of rotatable bonds is 7. The number of fused-ring (bicyclic) bond motifs is 1. The van der Waals surface area contributed by atoms with Crippen molar-refractivity contribution in [2.45, 2.75) is 37.6 Å². The van der Waals surface area contributed by atoms with Gasteiger partial charge in [0.25, 0.3) is 0 Å². The highest BCUT2D eigenvalue weighted by Crippen LogP contribution is 2.24. The molecule has 0 radical (unpaired) electrons. The van der Waals surface area contributed by atoms with Crippen LogP contribution >= 0.6 is 11.3 Å². The topological polar surface area (TPSA) is 68.2 Å². The Bertz CT molecular complexity index is 1100. The van der Waals surface area contributed by atoms with Gasteiger partial charge in [-0.2, -0.15) is 0 Å². The van der Waals surface area contributed by atoms with Crippen molar-refractivity contribution in [2.24, 2.45) is 0 Å². The van der Waals surface area contributed by atoms with Crippen LogP contribution in [-0.4, -0.2) is 19.5 Å². The molecule has 0 amide bonds. The fourth-order valence-corrected chi connectivity index (χ4v) is 5.13. The number of halogens is 1. The molecule has 1 N–H and O–H groups in total. The van der Waals surface area contributed by atoms with Crippen LogP contribution in [0.1, 0.15) is 31.9 Å². The highest BCUT2D eigenvalue weighted by atomic mass is 32.2. The summed E-state index contributed by atoms with van der Waals surface area (Å²) in [5.41, 5.74) is 1.70. The van der Waals surface area contributed by atoms with Crippen molar-refractivity contribution in [3.05, 3.63) is 63.5 Å². The third-order valence-electron chi connectivity index (χ3n) is 4.26. The SMILES string of the molecule is CC(C)n1c(=O)sc2cc(S(=O)(=O)NCCCc3ccc(F)cc3)ccc21. The van der Waals surface area contributed by atoms with E-state index in [4.69, 9.17) is 0 Å². The van der Waals surface area contributed by atoms with Crippen molar-refractivity contribution in [1.29, 1.82) is 0 Å². The monoisotopic (exact) mass is 408 g/mol. The average molecular weight is 409 g/mol. The Kier molecular flexibility index (Phi) is 5.78. The van der Waals surface area contributed by atoms with Crippen molar-refractivity contribution < 1.29 is 12.8 Å². The molecule has 2 aromatic carbocycles. The fourth-order valence-electron chi connectivity index (χ4n) is 2.91. The van der Waals surface area contributed by atoms with Gasteiger partial charge in [0.2, 0.25) is 10.0 Å². The van der Waals surface area contributed by atoms with E-state index < -0.39 is 10.0 Å². The van der Waals surface area contributed by atoms with Crippen LogP contribution in [0.3, 0.4) is 0 Å². The molecule has 1 aromatic heterocycles. The number of nitrogens with one attached hydrogen (secondary N) is 1. The molecule has 0 fully saturated rings. The van der Waals surface area contributed by atoms with Gasteiger partial charge in [0.15, 0.2) is 0 Å². The molecule has 3 rings (SSSR count). The summed E-state index contributed by atoms with van der Waals surface area (Å²) in [7, 11) is -3.65. The van der Waals surface area contributed by atoms with Gasteiger partial charge < -0.3 is 0 Å². The summed E-state index contributed by atoms with van der Waals surface area (Å²) in [4.78, 5) is 12.2. The standard InChI is InChI=1S/C19H21FN2O3S2/c1-13(2)22-17-10-9-16(12-18(17)26-19(22)23)27(24,25)21-11-3-4-14-5-7-15(20)8-6-14/h5-10,12-13,21H,3-4,11H2,1-2H3. The number of hydrogen-bond donors (Lipinski definition) is 1. The van der Waals surface area contributed by atoms with Crippen LogP contribution < -0.4 is 9.60 Å². The summed E-state index contributed by atoms with van der Waals surface area (Å²) in [6.45, 7) is 4.11. The molecule has 5 nitrogen and oxygen atoms in total. The van der Waals surface area contributed by atoms with Crippen LogP contribution in [0.2, 0.25) is 0 Å². The summed E-state index contributed by atoms with van der Waals surface area (Å²) in [5, 5.41) is 0. The number of aromatic nitrogens is 1. The van der Waals surface area contributed by atoms with Gasteiger partial charge in [0, 0.05) is 12.6 Å². The summed E-state index contributed by atoms with van der Waals surface area (Å²) in [6.07, 6.45) is 1.25. The molecule has 0 aliphatic heterocycles. The highest BCUT2D eigenvalue weighted by Gasteiger charge is 2.17. The van der Waals surface area contributed by atoms with E-state index in [0.29, 0.717) is 17.5 Å². The maximum Gasteiger partial charge on any atom is 0.308 e. The minimum atomic E-state index is -3.65. The van der Waals surface area contributed by atoms with E-state index in [1.807, 2.05) is 13.8 Å². The molecule has 0 aliphatic rings. The van der Waals surface area contributed by atoms with E-state index in [1.54, 1.807) is 28.8 Å². The van der Waals surface area contributed by atoms with Crippen LogP contribution in [0.25, 0.3) is 10.2 Å². The van der Waals surface area contributed by atoms with Gasteiger partial charge >= 0.3 is 4.87 Å². The lowest BCUT2D eigenvalue weighted by Gasteiger charge is -2.09. The number of sulfonamides is 1. The molecule has 0 bridgehead atoms. The van der Waals surface area contributed by atoms with E-state index in [-0.39, 0.29) is 28.2 Å². The largest absolute Gasteiger partial charge is 0.308 e. The molecule has 0 spiro atoms. The van der Waals surface area contributed by atoms with Crippen molar-refractivity contribution in [2.75, 3.05) is 6.54 Å². The van der Waals surface area contributed by atoms with Crippen LogP contribution in [0.5, 0.6) is 0 Å². The molecule has 0 unspecified atom stereocenters. The van der Waals surface area contributed by atoms with E-state index in [1.165, 1.54) is 18.2 Å². The quantitative estimate of drug-likeness (QED) is 0.606. The first-order valence-electron chi connectivity index (χ1n) is 8.67. The second-order valence-corrected chi connectivity index (χ2v) is 9.35. The molecule has 0 saturated carbocycles. The van der Waals surface area contributed by atoms with Gasteiger partial charge in [-0.1, -0.05) is 23.5 Å². The van der Waals surface area contributed by atoms with Crippen LogP contribution in [0.15, 0.2) is 52.2 Å². The Balaban J connectivity index is 1.69. The highest BCUT2D eigenvalue weighted by molar-refractivity contribution is 7.89. The Morgan fingerprint density at radius 3 is 2.52 bits per heavy atom. The predicted octanol–water partition coefficient (Wildman–Crippen LogP) is 3.69. The minimum absolute atomic E-state index is 0.0123. The Hall–Kier alpha value is -2.03. The predicted molar refractivity (Wildman–Crippen MR) is 106 cm³/mol. The zero-order valence-corrected chi connectivity index (χ0v) is 16.7. The van der Waals surface area contributed by atoms with Gasteiger partial charge in [0.1, 0.15) is 5.82 Å². The molecule has 144 valence electrons.